The van der Waals surface area contributed by atoms with Gasteiger partial charge >= 0.3 is 0 Å². The summed E-state index contributed by atoms with van der Waals surface area (Å²) in [5.41, 5.74) is 0.740. The van der Waals surface area contributed by atoms with Gasteiger partial charge in [0.2, 0.25) is 5.91 Å². The van der Waals surface area contributed by atoms with E-state index < -0.39 is 11.0 Å². The van der Waals surface area contributed by atoms with Gasteiger partial charge in [0.15, 0.2) is 0 Å². The third kappa shape index (κ3) is 4.16. The Morgan fingerprint density at radius 3 is 2.48 bits per heavy atom. The number of nitro groups is 1. The van der Waals surface area contributed by atoms with E-state index in [2.05, 4.69) is 0 Å². The lowest BCUT2D eigenvalue weighted by molar-refractivity contribution is -0.384. The minimum absolute atomic E-state index is 0.0678. The van der Waals surface area contributed by atoms with Crippen molar-refractivity contribution in [1.29, 1.82) is 0 Å². The average molecular weight is 295 g/mol. The Labute approximate surface area is 123 Å². The van der Waals surface area contributed by atoms with Crippen LogP contribution in [-0.4, -0.2) is 48.0 Å². The third-order valence-electron chi connectivity index (χ3n) is 3.23. The molecule has 7 heteroatoms. The molecule has 0 spiro atoms. The van der Waals surface area contributed by atoms with Crippen LogP contribution in [0.5, 0.6) is 0 Å². The molecule has 116 valence electrons. The van der Waals surface area contributed by atoms with E-state index in [-0.39, 0.29) is 18.1 Å². The highest BCUT2D eigenvalue weighted by molar-refractivity contribution is 5.82. The van der Waals surface area contributed by atoms with Gasteiger partial charge in [-0.15, -0.1) is 0 Å². The summed E-state index contributed by atoms with van der Waals surface area (Å²) in [6, 6.07) is 4.56. The first-order chi connectivity index (χ1) is 9.77. The SMILES string of the molecule is CCN(CC(=O)N(C)C)c1ccc(C(C)O)cc1[N+](=O)[O-]. The molecule has 1 atom stereocenters. The van der Waals surface area contributed by atoms with Crippen molar-refractivity contribution < 1.29 is 14.8 Å². The number of carbonyl (C=O) groups excluding carboxylic acids is 1. The zero-order chi connectivity index (χ0) is 16.2. The fourth-order valence-electron chi connectivity index (χ4n) is 1.89. The highest BCUT2D eigenvalue weighted by atomic mass is 16.6. The van der Waals surface area contributed by atoms with Gasteiger partial charge < -0.3 is 14.9 Å². The van der Waals surface area contributed by atoms with Gasteiger partial charge in [-0.05, 0) is 25.5 Å². The summed E-state index contributed by atoms with van der Waals surface area (Å²) in [7, 11) is 3.28. The summed E-state index contributed by atoms with van der Waals surface area (Å²) in [6.45, 7) is 3.91. The molecule has 0 aliphatic heterocycles. The topological polar surface area (TPSA) is 86.9 Å². The molecule has 0 aliphatic rings. The van der Waals surface area contributed by atoms with Gasteiger partial charge in [-0.3, -0.25) is 14.9 Å². The van der Waals surface area contributed by atoms with E-state index in [4.69, 9.17) is 0 Å². The number of aliphatic hydroxyl groups is 1. The van der Waals surface area contributed by atoms with Gasteiger partial charge in [0.1, 0.15) is 5.69 Å². The molecular formula is C14H21N3O4. The number of amides is 1. The molecule has 0 aliphatic carbocycles. The van der Waals surface area contributed by atoms with Crippen molar-refractivity contribution in [2.24, 2.45) is 0 Å². The van der Waals surface area contributed by atoms with Crippen molar-refractivity contribution in [1.82, 2.24) is 4.90 Å². The molecule has 0 aromatic heterocycles. The van der Waals surface area contributed by atoms with Crippen molar-refractivity contribution in [3.05, 3.63) is 33.9 Å². The first kappa shape index (κ1) is 16.9. The Balaban J connectivity index is 3.19. The monoisotopic (exact) mass is 295 g/mol. The van der Waals surface area contributed by atoms with Crippen LogP contribution in [0.3, 0.4) is 0 Å². The van der Waals surface area contributed by atoms with Gasteiger partial charge in [0.25, 0.3) is 5.69 Å². The average Bonchev–Trinajstić information content (AvgIpc) is 2.43. The summed E-state index contributed by atoms with van der Waals surface area (Å²) in [5.74, 6) is -0.134. The number of likely N-dealkylation sites (N-methyl/N-ethyl adjacent to an activating group) is 2. The summed E-state index contributed by atoms with van der Waals surface area (Å²) in [6.07, 6.45) is -0.781. The predicted molar refractivity (Wildman–Crippen MR) is 80.3 cm³/mol. The molecule has 1 aromatic carbocycles. The summed E-state index contributed by atoms with van der Waals surface area (Å²) >= 11 is 0. The second-order valence-corrected chi connectivity index (χ2v) is 4.98. The van der Waals surface area contributed by atoms with E-state index >= 15 is 0 Å². The fourth-order valence-corrected chi connectivity index (χ4v) is 1.89. The molecule has 0 bridgehead atoms. The van der Waals surface area contributed by atoms with Crippen LogP contribution in [0.1, 0.15) is 25.5 Å². The highest BCUT2D eigenvalue weighted by Gasteiger charge is 2.22. The number of nitro benzene ring substituents is 1. The molecule has 0 saturated heterocycles. The Kier molecular flexibility index (Phi) is 5.66. The van der Waals surface area contributed by atoms with Crippen LogP contribution in [0.15, 0.2) is 18.2 Å². The molecule has 0 heterocycles. The number of aliphatic hydroxyl groups excluding tert-OH is 1. The number of rotatable bonds is 6. The number of benzene rings is 1. The van der Waals surface area contributed by atoms with E-state index in [0.717, 1.165) is 0 Å². The first-order valence-electron chi connectivity index (χ1n) is 6.69. The van der Waals surface area contributed by atoms with Crippen LogP contribution < -0.4 is 4.90 Å². The van der Waals surface area contributed by atoms with Crippen LogP contribution in [0.2, 0.25) is 0 Å². The van der Waals surface area contributed by atoms with E-state index in [9.17, 15) is 20.0 Å². The van der Waals surface area contributed by atoms with Gasteiger partial charge in [-0.1, -0.05) is 6.07 Å². The Morgan fingerprint density at radius 1 is 1.43 bits per heavy atom. The molecular weight excluding hydrogens is 274 g/mol. The number of hydrogen-bond acceptors (Lipinski definition) is 5. The largest absolute Gasteiger partial charge is 0.389 e. The maximum absolute atomic E-state index is 11.8. The molecule has 0 radical (unpaired) electrons. The van der Waals surface area contributed by atoms with Gasteiger partial charge in [0, 0.05) is 26.7 Å². The standard InChI is InChI=1S/C14H21N3O4/c1-5-16(9-14(19)15(3)4)12-7-6-11(10(2)18)8-13(12)17(20)21/h6-8,10,18H,5,9H2,1-4H3. The van der Waals surface area contributed by atoms with Crippen LogP contribution >= 0.6 is 0 Å². The smallest absolute Gasteiger partial charge is 0.292 e. The molecule has 1 aromatic rings. The lowest BCUT2D eigenvalue weighted by Gasteiger charge is -2.24. The molecule has 0 fully saturated rings. The number of carbonyl (C=O) groups is 1. The molecule has 7 nitrogen and oxygen atoms in total. The highest BCUT2D eigenvalue weighted by Crippen LogP contribution is 2.31. The lowest BCUT2D eigenvalue weighted by Crippen LogP contribution is -2.36. The zero-order valence-corrected chi connectivity index (χ0v) is 12.7. The maximum Gasteiger partial charge on any atom is 0.292 e. The Morgan fingerprint density at radius 2 is 2.05 bits per heavy atom. The first-order valence-corrected chi connectivity index (χ1v) is 6.69. The number of anilines is 1. The van der Waals surface area contributed by atoms with Crippen molar-refractivity contribution >= 4 is 17.3 Å². The van der Waals surface area contributed by atoms with Crippen molar-refractivity contribution in [3.63, 3.8) is 0 Å². The molecule has 1 N–H and O–H groups in total. The summed E-state index contributed by atoms with van der Waals surface area (Å²) in [5, 5.41) is 20.8. The lowest BCUT2D eigenvalue weighted by atomic mass is 10.1. The molecule has 1 rings (SSSR count). The van der Waals surface area contributed by atoms with Gasteiger partial charge in [-0.2, -0.15) is 0 Å². The third-order valence-corrected chi connectivity index (χ3v) is 3.23. The fraction of sp³-hybridized carbons (Fsp3) is 0.500. The molecule has 1 amide bonds. The zero-order valence-electron chi connectivity index (χ0n) is 12.7. The van der Waals surface area contributed by atoms with E-state index in [1.165, 1.54) is 11.0 Å². The summed E-state index contributed by atoms with van der Waals surface area (Å²) < 4.78 is 0. The minimum Gasteiger partial charge on any atom is -0.389 e. The predicted octanol–water partition coefficient (Wildman–Crippen LogP) is 1.56. The van der Waals surface area contributed by atoms with Crippen LogP contribution in [-0.2, 0) is 4.79 Å². The molecule has 0 saturated carbocycles. The normalized spacial score (nSPS) is 11.9. The molecule has 21 heavy (non-hydrogen) atoms. The van der Waals surface area contributed by atoms with Crippen molar-refractivity contribution in [3.8, 4) is 0 Å². The minimum atomic E-state index is -0.781. The van der Waals surface area contributed by atoms with Crippen molar-refractivity contribution in [2.75, 3.05) is 32.1 Å². The van der Waals surface area contributed by atoms with E-state index in [1.54, 1.807) is 38.1 Å². The Hall–Kier alpha value is -2.15. The molecule has 1 unspecified atom stereocenters. The van der Waals surface area contributed by atoms with Crippen LogP contribution in [0.25, 0.3) is 0 Å². The number of nitrogens with zero attached hydrogens (tertiary/aromatic N) is 3. The van der Waals surface area contributed by atoms with Crippen LogP contribution in [0.4, 0.5) is 11.4 Å². The van der Waals surface area contributed by atoms with Crippen molar-refractivity contribution in [2.45, 2.75) is 20.0 Å². The van der Waals surface area contributed by atoms with E-state index in [0.29, 0.717) is 17.8 Å². The quantitative estimate of drug-likeness (QED) is 0.635. The number of hydrogen-bond donors (Lipinski definition) is 1. The second kappa shape index (κ2) is 7.03. The van der Waals surface area contributed by atoms with E-state index in [1.807, 2.05) is 6.92 Å². The second-order valence-electron chi connectivity index (χ2n) is 4.98. The van der Waals surface area contributed by atoms with Gasteiger partial charge in [-0.25, -0.2) is 0 Å². The van der Waals surface area contributed by atoms with Crippen LogP contribution in [0, 0.1) is 10.1 Å². The van der Waals surface area contributed by atoms with Gasteiger partial charge in [0.05, 0.1) is 17.6 Å². The Bertz CT molecular complexity index is 529. The maximum atomic E-state index is 11.8. The summed E-state index contributed by atoms with van der Waals surface area (Å²) in [4.78, 5) is 25.6.